The molecule has 1 fully saturated rings. The third kappa shape index (κ3) is 3.15. The molecule has 2 rings (SSSR count). The van der Waals surface area contributed by atoms with E-state index in [9.17, 15) is 0 Å². The number of hydrogen-bond acceptors (Lipinski definition) is 3. The van der Waals surface area contributed by atoms with Gasteiger partial charge >= 0.3 is 0 Å². The molecule has 0 unspecified atom stereocenters. The van der Waals surface area contributed by atoms with Gasteiger partial charge in [-0.3, -0.25) is 0 Å². The molecule has 0 saturated heterocycles. The first-order valence-electron chi connectivity index (χ1n) is 7.06. The second-order valence-corrected chi connectivity index (χ2v) is 6.10. The van der Waals surface area contributed by atoms with E-state index in [-0.39, 0.29) is 0 Å². The van der Waals surface area contributed by atoms with Crippen molar-refractivity contribution < 1.29 is 0 Å². The minimum atomic E-state index is 0.456. The Morgan fingerprint density at radius 1 is 1.39 bits per heavy atom. The highest BCUT2D eigenvalue weighted by Crippen LogP contribution is 2.43. The molecule has 0 amide bonds. The van der Waals surface area contributed by atoms with Gasteiger partial charge in [0, 0.05) is 12.7 Å². The van der Waals surface area contributed by atoms with Gasteiger partial charge in [0.1, 0.15) is 5.82 Å². The molecule has 0 bridgehead atoms. The fraction of sp³-hybridized carbons (Fsp3) is 0.667. The van der Waals surface area contributed by atoms with Crippen LogP contribution in [-0.2, 0) is 0 Å². The van der Waals surface area contributed by atoms with Crippen molar-refractivity contribution in [1.82, 2.24) is 4.98 Å². The summed E-state index contributed by atoms with van der Waals surface area (Å²) in [6.07, 6.45) is 8.50. The van der Waals surface area contributed by atoms with Crippen molar-refractivity contribution in [3.63, 3.8) is 0 Å². The van der Waals surface area contributed by atoms with Crippen LogP contribution in [0, 0.1) is 11.3 Å². The zero-order valence-electron chi connectivity index (χ0n) is 11.6. The van der Waals surface area contributed by atoms with Crippen LogP contribution in [-0.4, -0.2) is 11.5 Å². The first kappa shape index (κ1) is 13.2. The fourth-order valence-electron chi connectivity index (χ4n) is 3.28. The highest BCUT2D eigenvalue weighted by atomic mass is 15.0. The van der Waals surface area contributed by atoms with Crippen LogP contribution in [0.3, 0.4) is 0 Å². The number of rotatable bonds is 5. The molecular formula is C15H25N3. The van der Waals surface area contributed by atoms with E-state index in [4.69, 9.17) is 5.73 Å². The summed E-state index contributed by atoms with van der Waals surface area (Å²) in [7, 11) is 0. The molecule has 1 saturated carbocycles. The summed E-state index contributed by atoms with van der Waals surface area (Å²) in [5, 5.41) is 3.46. The topological polar surface area (TPSA) is 50.9 Å². The summed E-state index contributed by atoms with van der Waals surface area (Å²) >= 11 is 0. The minimum absolute atomic E-state index is 0.456. The Morgan fingerprint density at radius 2 is 2.11 bits per heavy atom. The van der Waals surface area contributed by atoms with E-state index in [1.54, 1.807) is 6.20 Å². The number of aromatic nitrogens is 1. The van der Waals surface area contributed by atoms with E-state index in [1.807, 2.05) is 12.1 Å². The Hall–Kier alpha value is -1.25. The molecule has 3 nitrogen and oxygen atoms in total. The van der Waals surface area contributed by atoms with Crippen LogP contribution in [0.4, 0.5) is 11.5 Å². The van der Waals surface area contributed by atoms with E-state index >= 15 is 0 Å². The lowest BCUT2D eigenvalue weighted by Crippen LogP contribution is -2.29. The van der Waals surface area contributed by atoms with Gasteiger partial charge < -0.3 is 11.1 Å². The zero-order valence-corrected chi connectivity index (χ0v) is 11.6. The van der Waals surface area contributed by atoms with Crippen LogP contribution in [0.5, 0.6) is 0 Å². The maximum Gasteiger partial charge on any atom is 0.149 e. The predicted molar refractivity (Wildman–Crippen MR) is 77.5 cm³/mol. The molecule has 1 aliphatic carbocycles. The molecule has 100 valence electrons. The van der Waals surface area contributed by atoms with Crippen LogP contribution in [0.25, 0.3) is 0 Å². The lowest BCUT2D eigenvalue weighted by molar-refractivity contribution is 0.252. The summed E-state index contributed by atoms with van der Waals surface area (Å²) in [5.74, 6) is 1.60. The van der Waals surface area contributed by atoms with E-state index in [2.05, 4.69) is 24.1 Å². The first-order chi connectivity index (χ1) is 8.61. The predicted octanol–water partition coefficient (Wildman–Crippen LogP) is 3.68. The van der Waals surface area contributed by atoms with E-state index in [0.29, 0.717) is 5.41 Å². The molecule has 1 heterocycles. The normalized spacial score (nSPS) is 18.2. The highest BCUT2D eigenvalue weighted by Gasteiger charge is 2.34. The number of anilines is 2. The van der Waals surface area contributed by atoms with Gasteiger partial charge in [-0.05, 0) is 42.7 Å². The zero-order chi connectivity index (χ0) is 13.0. The molecule has 18 heavy (non-hydrogen) atoms. The number of nitrogens with two attached hydrogens (primary N) is 1. The second kappa shape index (κ2) is 5.59. The Bertz CT molecular complexity index is 381. The van der Waals surface area contributed by atoms with Gasteiger partial charge in [-0.1, -0.05) is 26.7 Å². The first-order valence-corrected chi connectivity index (χ1v) is 7.06. The van der Waals surface area contributed by atoms with Crippen molar-refractivity contribution in [3.05, 3.63) is 18.3 Å². The van der Waals surface area contributed by atoms with E-state index in [1.165, 1.54) is 32.1 Å². The third-order valence-corrected chi connectivity index (χ3v) is 3.98. The lowest BCUT2D eigenvalue weighted by atomic mass is 9.78. The van der Waals surface area contributed by atoms with Crippen LogP contribution >= 0.6 is 0 Å². The summed E-state index contributed by atoms with van der Waals surface area (Å²) in [5.41, 5.74) is 7.13. The third-order valence-electron chi connectivity index (χ3n) is 3.98. The number of nitrogen functional groups attached to an aromatic ring is 1. The Kier molecular flexibility index (Phi) is 4.10. The molecule has 0 radical (unpaired) electrons. The van der Waals surface area contributed by atoms with Gasteiger partial charge in [-0.2, -0.15) is 0 Å². The average molecular weight is 247 g/mol. The summed E-state index contributed by atoms with van der Waals surface area (Å²) in [6, 6.07) is 3.78. The molecule has 1 aliphatic rings. The molecule has 0 spiro atoms. The minimum Gasteiger partial charge on any atom is -0.396 e. The molecule has 3 N–H and O–H groups in total. The summed E-state index contributed by atoms with van der Waals surface area (Å²) in [4.78, 5) is 4.31. The number of pyridine rings is 1. The Labute approximate surface area is 110 Å². The number of hydrogen-bond donors (Lipinski definition) is 2. The SMILES string of the molecule is CC(C)CC1(CNc2ncccc2N)CCCC1. The molecule has 3 heteroatoms. The fourth-order valence-corrected chi connectivity index (χ4v) is 3.28. The number of nitrogens with one attached hydrogen (secondary N) is 1. The van der Waals surface area contributed by atoms with Crippen LogP contribution in [0.1, 0.15) is 46.0 Å². The smallest absolute Gasteiger partial charge is 0.149 e. The monoisotopic (exact) mass is 247 g/mol. The van der Waals surface area contributed by atoms with E-state index in [0.717, 1.165) is 24.0 Å². The van der Waals surface area contributed by atoms with Gasteiger partial charge in [-0.25, -0.2) is 4.98 Å². The lowest BCUT2D eigenvalue weighted by Gasteiger charge is -2.31. The van der Waals surface area contributed by atoms with E-state index < -0.39 is 0 Å². The summed E-state index contributed by atoms with van der Waals surface area (Å²) in [6.45, 7) is 5.64. The summed E-state index contributed by atoms with van der Waals surface area (Å²) < 4.78 is 0. The van der Waals surface area contributed by atoms with Crippen molar-refractivity contribution in [2.24, 2.45) is 11.3 Å². The molecule has 0 aromatic carbocycles. The standard InChI is InChI=1S/C15H25N3/c1-12(2)10-15(7-3-4-8-15)11-18-14-13(16)6-5-9-17-14/h5-6,9,12H,3-4,7-8,10-11,16H2,1-2H3,(H,17,18). The van der Waals surface area contributed by atoms with Crippen molar-refractivity contribution in [2.75, 3.05) is 17.6 Å². The quantitative estimate of drug-likeness (QED) is 0.834. The molecular weight excluding hydrogens is 222 g/mol. The van der Waals surface area contributed by atoms with Gasteiger partial charge in [-0.15, -0.1) is 0 Å². The van der Waals surface area contributed by atoms with Gasteiger partial charge in [0.2, 0.25) is 0 Å². The molecule has 0 aliphatic heterocycles. The van der Waals surface area contributed by atoms with Crippen LogP contribution < -0.4 is 11.1 Å². The van der Waals surface area contributed by atoms with Gasteiger partial charge in [0.05, 0.1) is 5.69 Å². The van der Waals surface area contributed by atoms with Crippen molar-refractivity contribution in [2.45, 2.75) is 46.0 Å². The molecule has 0 atom stereocenters. The van der Waals surface area contributed by atoms with Gasteiger partial charge in [0.15, 0.2) is 0 Å². The van der Waals surface area contributed by atoms with Crippen molar-refractivity contribution in [3.8, 4) is 0 Å². The van der Waals surface area contributed by atoms with Gasteiger partial charge in [0.25, 0.3) is 0 Å². The molecule has 1 aromatic rings. The average Bonchev–Trinajstić information content (AvgIpc) is 2.76. The van der Waals surface area contributed by atoms with Crippen LogP contribution in [0.2, 0.25) is 0 Å². The van der Waals surface area contributed by atoms with Crippen molar-refractivity contribution in [1.29, 1.82) is 0 Å². The Morgan fingerprint density at radius 3 is 2.72 bits per heavy atom. The largest absolute Gasteiger partial charge is 0.396 e. The maximum atomic E-state index is 5.92. The number of nitrogens with zero attached hydrogens (tertiary/aromatic N) is 1. The molecule has 1 aromatic heterocycles. The second-order valence-electron chi connectivity index (χ2n) is 6.10. The maximum absolute atomic E-state index is 5.92. The van der Waals surface area contributed by atoms with Crippen LogP contribution in [0.15, 0.2) is 18.3 Å². The Balaban J connectivity index is 2.00. The highest BCUT2D eigenvalue weighted by molar-refractivity contribution is 5.60. The van der Waals surface area contributed by atoms with Crippen molar-refractivity contribution >= 4 is 11.5 Å².